The molecule has 20 heavy (non-hydrogen) atoms. The Hall–Kier alpha value is -1.99. The number of hydrogen-bond acceptors (Lipinski definition) is 3. The predicted octanol–water partition coefficient (Wildman–Crippen LogP) is 1.36. The maximum absolute atomic E-state index is 13.4. The van der Waals surface area contributed by atoms with Crippen LogP contribution in [0.15, 0.2) is 36.4 Å². The number of benzene rings is 2. The van der Waals surface area contributed by atoms with Gasteiger partial charge in [0.05, 0.1) is 0 Å². The van der Waals surface area contributed by atoms with Crippen molar-refractivity contribution in [3.8, 4) is 5.75 Å². The second kappa shape index (κ2) is 5.98. The maximum atomic E-state index is 13.4. The van der Waals surface area contributed by atoms with Gasteiger partial charge in [-0.15, -0.1) is 0 Å². The molecule has 2 rings (SSSR count). The van der Waals surface area contributed by atoms with Crippen LogP contribution in [0.5, 0.6) is 5.75 Å². The van der Waals surface area contributed by atoms with E-state index in [0.717, 1.165) is 36.4 Å². The molecule has 0 aliphatic rings. The van der Waals surface area contributed by atoms with E-state index in [0.29, 0.717) is 0 Å². The van der Waals surface area contributed by atoms with E-state index in [1.54, 1.807) is 0 Å². The first-order valence-electron chi connectivity index (χ1n) is 5.69. The molecule has 2 aromatic rings. The highest BCUT2D eigenvalue weighted by Crippen LogP contribution is 2.15. The van der Waals surface area contributed by atoms with Crippen molar-refractivity contribution in [3.05, 3.63) is 59.4 Å². The molecule has 0 spiro atoms. The van der Waals surface area contributed by atoms with Crippen molar-refractivity contribution >= 4 is 12.6 Å². The number of halogens is 3. The van der Waals surface area contributed by atoms with Crippen LogP contribution in [0.2, 0.25) is 0 Å². The van der Waals surface area contributed by atoms with Crippen LogP contribution < -0.4 is 10.2 Å². The zero-order valence-electron chi connectivity index (χ0n) is 10.2. The third-order valence-electron chi connectivity index (χ3n) is 2.64. The quantitative estimate of drug-likeness (QED) is 0.832. The average Bonchev–Trinajstić information content (AvgIpc) is 2.39. The van der Waals surface area contributed by atoms with Gasteiger partial charge in [-0.1, -0.05) is 6.07 Å². The lowest BCUT2D eigenvalue weighted by Crippen LogP contribution is -2.31. The van der Waals surface area contributed by atoms with Gasteiger partial charge in [-0.2, -0.15) is 0 Å². The zero-order chi connectivity index (χ0) is 14.7. The van der Waals surface area contributed by atoms with Crippen LogP contribution in [0.25, 0.3) is 0 Å². The first-order chi connectivity index (χ1) is 9.47. The summed E-state index contributed by atoms with van der Waals surface area (Å²) in [5, 5.41) is 18.2. The lowest BCUT2D eigenvalue weighted by Gasteiger charge is -2.11. The van der Waals surface area contributed by atoms with Gasteiger partial charge >= 0.3 is 7.12 Å². The number of ether oxygens (including phenoxy) is 1. The van der Waals surface area contributed by atoms with E-state index in [1.165, 1.54) is 0 Å². The standard InChI is InChI=1S/C13H10BF3O3/c15-9-2-4-12(17)8(5-9)7-20-13-6-10(16)1-3-11(13)14(18)19/h1-6,18-19H,7H2. The molecule has 2 aromatic carbocycles. The summed E-state index contributed by atoms with van der Waals surface area (Å²) in [5.74, 6) is -2.10. The van der Waals surface area contributed by atoms with E-state index in [1.807, 2.05) is 0 Å². The molecule has 0 saturated carbocycles. The van der Waals surface area contributed by atoms with Crippen LogP contribution in [0.4, 0.5) is 13.2 Å². The smallest absolute Gasteiger partial charge is 0.489 e. The van der Waals surface area contributed by atoms with Crippen molar-refractivity contribution in [1.82, 2.24) is 0 Å². The molecule has 0 saturated heterocycles. The molecule has 0 unspecified atom stereocenters. The Labute approximate surface area is 113 Å². The minimum atomic E-state index is -1.86. The second-order valence-electron chi connectivity index (χ2n) is 4.08. The normalized spacial score (nSPS) is 10.4. The fourth-order valence-corrected chi connectivity index (χ4v) is 1.66. The van der Waals surface area contributed by atoms with E-state index in [-0.39, 0.29) is 23.4 Å². The first-order valence-corrected chi connectivity index (χ1v) is 5.69. The van der Waals surface area contributed by atoms with E-state index in [9.17, 15) is 13.2 Å². The van der Waals surface area contributed by atoms with Gasteiger partial charge < -0.3 is 14.8 Å². The lowest BCUT2D eigenvalue weighted by molar-refractivity contribution is 0.298. The second-order valence-corrected chi connectivity index (χ2v) is 4.08. The summed E-state index contributed by atoms with van der Waals surface area (Å²) < 4.78 is 44.6. The molecule has 104 valence electrons. The highest BCUT2D eigenvalue weighted by Gasteiger charge is 2.18. The van der Waals surface area contributed by atoms with Crippen molar-refractivity contribution in [2.45, 2.75) is 6.61 Å². The molecule has 0 radical (unpaired) electrons. The Morgan fingerprint density at radius 3 is 2.30 bits per heavy atom. The van der Waals surface area contributed by atoms with Gasteiger partial charge in [0.25, 0.3) is 0 Å². The molecule has 0 amide bonds. The van der Waals surface area contributed by atoms with Gasteiger partial charge in [0, 0.05) is 17.1 Å². The third-order valence-corrected chi connectivity index (χ3v) is 2.64. The van der Waals surface area contributed by atoms with E-state index in [4.69, 9.17) is 14.8 Å². The Morgan fingerprint density at radius 2 is 1.60 bits per heavy atom. The minimum absolute atomic E-state index is 0.0624. The van der Waals surface area contributed by atoms with Gasteiger partial charge in [-0.05, 0) is 24.3 Å². The molecule has 0 fully saturated rings. The van der Waals surface area contributed by atoms with Crippen molar-refractivity contribution in [1.29, 1.82) is 0 Å². The summed E-state index contributed by atoms with van der Waals surface area (Å²) in [6.07, 6.45) is 0. The Balaban J connectivity index is 2.22. The predicted molar refractivity (Wildman–Crippen MR) is 66.9 cm³/mol. The molecule has 0 atom stereocenters. The number of rotatable bonds is 4. The minimum Gasteiger partial charge on any atom is -0.489 e. The van der Waals surface area contributed by atoms with Gasteiger partial charge in [-0.25, -0.2) is 13.2 Å². The fraction of sp³-hybridized carbons (Fsp3) is 0.0769. The maximum Gasteiger partial charge on any atom is 0.492 e. The van der Waals surface area contributed by atoms with Crippen molar-refractivity contribution in [2.24, 2.45) is 0 Å². The summed E-state index contributed by atoms with van der Waals surface area (Å²) in [7, 11) is -1.86. The summed E-state index contributed by atoms with van der Waals surface area (Å²) >= 11 is 0. The van der Waals surface area contributed by atoms with Gasteiger partial charge in [-0.3, -0.25) is 0 Å². The summed E-state index contributed by atoms with van der Waals surface area (Å²) in [6.45, 7) is -0.368. The van der Waals surface area contributed by atoms with Crippen LogP contribution in [0.3, 0.4) is 0 Å². The third kappa shape index (κ3) is 3.31. The van der Waals surface area contributed by atoms with Gasteiger partial charge in [0.2, 0.25) is 0 Å². The van der Waals surface area contributed by atoms with Crippen LogP contribution in [0.1, 0.15) is 5.56 Å². The van der Waals surface area contributed by atoms with Crippen molar-refractivity contribution < 1.29 is 28.0 Å². The van der Waals surface area contributed by atoms with Crippen molar-refractivity contribution in [2.75, 3.05) is 0 Å². The van der Waals surface area contributed by atoms with Crippen LogP contribution >= 0.6 is 0 Å². The first kappa shape index (κ1) is 14.4. The summed E-state index contributed by atoms with van der Waals surface area (Å²) in [6, 6.07) is 5.96. The number of hydrogen-bond donors (Lipinski definition) is 2. The van der Waals surface area contributed by atoms with Crippen LogP contribution in [0, 0.1) is 17.5 Å². The zero-order valence-corrected chi connectivity index (χ0v) is 10.2. The average molecular weight is 282 g/mol. The summed E-state index contributed by atoms with van der Waals surface area (Å²) in [4.78, 5) is 0. The Kier molecular flexibility index (Phi) is 4.31. The molecule has 0 aliphatic heterocycles. The van der Waals surface area contributed by atoms with E-state index in [2.05, 4.69) is 0 Å². The summed E-state index contributed by atoms with van der Waals surface area (Å²) in [5.41, 5.74) is -0.129. The van der Waals surface area contributed by atoms with Crippen LogP contribution in [-0.2, 0) is 6.61 Å². The molecule has 3 nitrogen and oxygen atoms in total. The highest BCUT2D eigenvalue weighted by atomic mass is 19.1. The molecule has 0 aromatic heterocycles. The van der Waals surface area contributed by atoms with E-state index >= 15 is 0 Å². The van der Waals surface area contributed by atoms with E-state index < -0.39 is 24.6 Å². The molecule has 0 aliphatic carbocycles. The largest absolute Gasteiger partial charge is 0.492 e. The Morgan fingerprint density at radius 1 is 0.950 bits per heavy atom. The molecule has 0 bridgehead atoms. The molecule has 2 N–H and O–H groups in total. The lowest BCUT2D eigenvalue weighted by atomic mass is 9.79. The highest BCUT2D eigenvalue weighted by molar-refractivity contribution is 6.59. The van der Waals surface area contributed by atoms with Crippen LogP contribution in [-0.4, -0.2) is 17.2 Å². The SMILES string of the molecule is OB(O)c1ccc(F)cc1OCc1cc(F)ccc1F. The van der Waals surface area contributed by atoms with Crippen molar-refractivity contribution in [3.63, 3.8) is 0 Å². The molecular formula is C13H10BF3O3. The van der Waals surface area contributed by atoms with Gasteiger partial charge in [0.15, 0.2) is 0 Å². The molecule has 0 heterocycles. The molecular weight excluding hydrogens is 272 g/mol. The Bertz CT molecular complexity index is 620. The van der Waals surface area contributed by atoms with Gasteiger partial charge in [0.1, 0.15) is 29.8 Å². The molecule has 7 heteroatoms. The fourth-order valence-electron chi connectivity index (χ4n) is 1.66. The topological polar surface area (TPSA) is 49.7 Å². The monoisotopic (exact) mass is 282 g/mol.